The third-order valence-corrected chi connectivity index (χ3v) is 4.40. The molecule has 0 aliphatic rings. The molecule has 8 N–H and O–H groups in total. The summed E-state index contributed by atoms with van der Waals surface area (Å²) in [6.07, 6.45) is 11.7. The minimum Gasteiger partial charge on any atom is -0.489 e. The summed E-state index contributed by atoms with van der Waals surface area (Å²) in [6, 6.07) is 3.65. The monoisotopic (exact) mass is 446 g/mol. The molecule has 1 rings (SSSR count). The number of hydrogen-bond acceptors (Lipinski definition) is 6. The molecule has 0 atom stereocenters. The number of hydrogen-bond donors (Lipinski definition) is 4. The number of nitrogens with two attached hydrogens (primary N) is 4. The van der Waals surface area contributed by atoms with Crippen LogP contribution < -0.4 is 32.4 Å². The number of unbranched alkanes of at least 4 members (excludes halogenated alkanes) is 6. The van der Waals surface area contributed by atoms with E-state index in [0.29, 0.717) is 35.8 Å². The van der Waals surface area contributed by atoms with Gasteiger partial charge in [-0.3, -0.25) is 0 Å². The molecule has 1 aromatic rings. The zero-order valence-electron chi connectivity index (χ0n) is 19.3. The summed E-state index contributed by atoms with van der Waals surface area (Å²) in [5.41, 5.74) is 22.8. The van der Waals surface area contributed by atoms with Gasteiger partial charge in [0.25, 0.3) is 0 Å². The number of benzene rings is 1. The zero-order valence-corrected chi connectivity index (χ0v) is 19.3. The summed E-state index contributed by atoms with van der Waals surface area (Å²) in [4.78, 5) is 0. The highest BCUT2D eigenvalue weighted by molar-refractivity contribution is 5.92. The Kier molecular flexibility index (Phi) is 13.7. The van der Waals surface area contributed by atoms with Crippen LogP contribution >= 0.6 is 0 Å². The number of rotatable bonds is 16. The summed E-state index contributed by atoms with van der Waals surface area (Å²) in [5.74, 6) is 0.855. The number of nitrogens with zero attached hydrogens (tertiary/aromatic N) is 4. The fourth-order valence-corrected chi connectivity index (χ4v) is 2.82. The molecule has 0 aromatic heterocycles. The maximum absolute atomic E-state index is 6.14. The van der Waals surface area contributed by atoms with E-state index in [1.807, 2.05) is 12.1 Å². The van der Waals surface area contributed by atoms with Crippen LogP contribution in [-0.4, -0.2) is 37.6 Å². The van der Waals surface area contributed by atoms with Gasteiger partial charge in [0.2, 0.25) is 11.9 Å². The van der Waals surface area contributed by atoms with Crippen molar-refractivity contribution in [3.8, 4) is 11.5 Å². The highest BCUT2D eigenvalue weighted by Crippen LogP contribution is 2.34. The molecule has 0 saturated carbocycles. The average molecular weight is 447 g/mol. The number of ether oxygens (including phenoxy) is 2. The van der Waals surface area contributed by atoms with Crippen molar-refractivity contribution in [3.63, 3.8) is 0 Å². The normalized spacial score (nSPS) is 11.1. The molecule has 32 heavy (non-hydrogen) atoms. The summed E-state index contributed by atoms with van der Waals surface area (Å²) in [7, 11) is 0. The van der Waals surface area contributed by atoms with Crippen LogP contribution in [0.1, 0.15) is 76.3 Å². The maximum atomic E-state index is 6.14. The molecule has 0 spiro atoms. The summed E-state index contributed by atoms with van der Waals surface area (Å²) >= 11 is 0. The van der Waals surface area contributed by atoms with E-state index in [1.165, 1.54) is 12.4 Å². The minimum absolute atomic E-state index is 0.128. The van der Waals surface area contributed by atoms with E-state index in [-0.39, 0.29) is 11.9 Å². The molecule has 0 saturated heterocycles. The highest BCUT2D eigenvalue weighted by atomic mass is 16.5. The van der Waals surface area contributed by atoms with E-state index in [2.05, 4.69) is 34.3 Å². The van der Waals surface area contributed by atoms with Crippen LogP contribution in [0.5, 0.6) is 11.5 Å². The molecule has 0 amide bonds. The van der Waals surface area contributed by atoms with Crippen molar-refractivity contribution >= 4 is 24.3 Å². The Morgan fingerprint density at radius 2 is 1.09 bits per heavy atom. The minimum atomic E-state index is -0.128. The Labute approximate surface area is 190 Å². The largest absolute Gasteiger partial charge is 0.489 e. The molecule has 0 aliphatic heterocycles. The van der Waals surface area contributed by atoms with Gasteiger partial charge in [-0.1, -0.05) is 52.4 Å². The maximum Gasteiger partial charge on any atom is 0.211 e. The molecular weight excluding hydrogens is 408 g/mol. The molecular formula is C22H38N8O2. The Balaban J connectivity index is 3.25. The molecule has 1 aromatic carbocycles. The van der Waals surface area contributed by atoms with Gasteiger partial charge in [-0.2, -0.15) is 10.2 Å². The molecule has 10 nitrogen and oxygen atoms in total. The Morgan fingerprint density at radius 1 is 0.688 bits per heavy atom. The van der Waals surface area contributed by atoms with Gasteiger partial charge < -0.3 is 32.4 Å². The fourth-order valence-electron chi connectivity index (χ4n) is 2.82. The van der Waals surface area contributed by atoms with Crippen molar-refractivity contribution in [1.82, 2.24) is 0 Å². The highest BCUT2D eigenvalue weighted by Gasteiger charge is 2.15. The first-order valence-electron chi connectivity index (χ1n) is 11.2. The lowest BCUT2D eigenvalue weighted by Gasteiger charge is -2.17. The second-order valence-corrected chi connectivity index (χ2v) is 7.26. The van der Waals surface area contributed by atoms with Crippen molar-refractivity contribution < 1.29 is 9.47 Å². The van der Waals surface area contributed by atoms with Gasteiger partial charge in [-0.25, -0.2) is 0 Å². The van der Waals surface area contributed by atoms with Gasteiger partial charge >= 0.3 is 0 Å². The van der Waals surface area contributed by atoms with Gasteiger partial charge in [-0.05, 0) is 25.0 Å². The van der Waals surface area contributed by atoms with Gasteiger partial charge in [0.15, 0.2) is 11.5 Å². The van der Waals surface area contributed by atoms with Crippen LogP contribution in [0.2, 0.25) is 0 Å². The molecule has 0 heterocycles. The third kappa shape index (κ3) is 11.2. The summed E-state index contributed by atoms with van der Waals surface area (Å²) < 4.78 is 12.3. The molecule has 10 heteroatoms. The van der Waals surface area contributed by atoms with Gasteiger partial charge in [0.05, 0.1) is 25.6 Å². The first kappa shape index (κ1) is 26.7. The van der Waals surface area contributed by atoms with E-state index in [1.54, 1.807) is 0 Å². The lowest BCUT2D eigenvalue weighted by molar-refractivity contribution is 0.258. The summed E-state index contributed by atoms with van der Waals surface area (Å²) in [5, 5.41) is 15.2. The molecule has 0 unspecified atom stereocenters. The van der Waals surface area contributed by atoms with Crippen LogP contribution in [0.4, 0.5) is 0 Å². The third-order valence-electron chi connectivity index (χ3n) is 4.40. The van der Waals surface area contributed by atoms with Crippen molar-refractivity contribution in [2.24, 2.45) is 43.3 Å². The molecule has 178 valence electrons. The second kappa shape index (κ2) is 16.4. The van der Waals surface area contributed by atoms with Crippen molar-refractivity contribution in [3.05, 3.63) is 23.3 Å². The van der Waals surface area contributed by atoms with Crippen molar-refractivity contribution in [2.45, 2.75) is 65.2 Å². The van der Waals surface area contributed by atoms with Crippen LogP contribution in [0.3, 0.4) is 0 Å². The van der Waals surface area contributed by atoms with E-state index in [9.17, 15) is 0 Å². The molecule has 0 radical (unpaired) electrons. The predicted molar refractivity (Wildman–Crippen MR) is 133 cm³/mol. The van der Waals surface area contributed by atoms with Gasteiger partial charge in [0, 0.05) is 11.1 Å². The van der Waals surface area contributed by atoms with Crippen LogP contribution in [0.15, 0.2) is 32.5 Å². The SMILES string of the molecule is CCCCCCOc1c(/C=N/N=C(N)N)ccc(/C=N/N=C(N)N)c1OCCCCCC. The van der Waals surface area contributed by atoms with Gasteiger partial charge in [-0.15, -0.1) is 10.2 Å². The van der Waals surface area contributed by atoms with E-state index in [4.69, 9.17) is 32.4 Å². The van der Waals surface area contributed by atoms with Gasteiger partial charge in [0.1, 0.15) is 0 Å². The standard InChI is InChI=1S/C22H38N8O2/c1-3-5-7-9-13-31-19-17(15-27-29-21(23)24)11-12-18(16-28-30-22(25)26)20(19)32-14-10-8-6-4-2/h11-12,15-16H,3-10,13-14H2,1-2H3,(H4,23,24,29)(H4,25,26,30)/b27-15+,28-16+. The Morgan fingerprint density at radius 3 is 1.44 bits per heavy atom. The van der Waals surface area contributed by atoms with Crippen LogP contribution in [0, 0.1) is 0 Å². The van der Waals surface area contributed by atoms with Crippen molar-refractivity contribution in [2.75, 3.05) is 13.2 Å². The van der Waals surface area contributed by atoms with Crippen molar-refractivity contribution in [1.29, 1.82) is 0 Å². The quantitative estimate of drug-likeness (QED) is 0.131. The Hall–Kier alpha value is -3.30. The molecule has 0 bridgehead atoms. The average Bonchev–Trinajstić information content (AvgIpc) is 2.75. The lowest BCUT2D eigenvalue weighted by atomic mass is 10.1. The molecule has 0 aliphatic carbocycles. The second-order valence-electron chi connectivity index (χ2n) is 7.26. The summed E-state index contributed by atoms with van der Waals surface area (Å²) in [6.45, 7) is 5.43. The first-order valence-corrected chi connectivity index (χ1v) is 11.2. The molecule has 0 fully saturated rings. The first-order chi connectivity index (χ1) is 15.5. The fraction of sp³-hybridized carbons (Fsp3) is 0.545. The topological polar surface area (TPSA) is 172 Å². The Bertz CT molecular complexity index is 717. The predicted octanol–water partition coefficient (Wildman–Crippen LogP) is 2.82. The van der Waals surface area contributed by atoms with E-state index >= 15 is 0 Å². The van der Waals surface area contributed by atoms with E-state index in [0.717, 1.165) is 51.4 Å². The lowest BCUT2D eigenvalue weighted by Crippen LogP contribution is -2.21. The zero-order chi connectivity index (χ0) is 23.6. The van der Waals surface area contributed by atoms with Crippen LogP contribution in [0.25, 0.3) is 0 Å². The number of guanidine groups is 2. The van der Waals surface area contributed by atoms with E-state index < -0.39 is 0 Å². The van der Waals surface area contributed by atoms with Crippen LogP contribution in [-0.2, 0) is 0 Å². The smallest absolute Gasteiger partial charge is 0.211 e.